The molecule has 0 saturated carbocycles. The molecule has 0 spiro atoms. The van der Waals surface area contributed by atoms with Crippen molar-refractivity contribution in [1.29, 1.82) is 0 Å². The fourth-order valence-electron chi connectivity index (χ4n) is 4.65. The van der Waals surface area contributed by atoms with Gasteiger partial charge in [0, 0.05) is 19.2 Å². The van der Waals surface area contributed by atoms with Crippen molar-refractivity contribution in [2.24, 2.45) is 0 Å². The average Bonchev–Trinajstić information content (AvgIpc) is 3.00. The number of unbranched alkanes of at least 4 members (excludes halogenated alkanes) is 1. The maximum Gasteiger partial charge on any atom is 0.258 e. The summed E-state index contributed by atoms with van der Waals surface area (Å²) in [6.07, 6.45) is 3.00. The summed E-state index contributed by atoms with van der Waals surface area (Å²) in [5.41, 5.74) is 2.88. The first-order valence-electron chi connectivity index (χ1n) is 13.7. The van der Waals surface area contributed by atoms with Crippen molar-refractivity contribution in [1.82, 2.24) is 9.80 Å². The minimum Gasteiger partial charge on any atom is -0.497 e. The van der Waals surface area contributed by atoms with Gasteiger partial charge in [-0.2, -0.15) is 0 Å². The number of amides is 2. The molecule has 0 N–H and O–H groups in total. The van der Waals surface area contributed by atoms with Crippen LogP contribution >= 0.6 is 0 Å². The second kappa shape index (κ2) is 13.7. The van der Waals surface area contributed by atoms with Crippen LogP contribution in [-0.4, -0.2) is 48.9 Å². The minimum atomic E-state index is -0.313. The minimum absolute atomic E-state index is 0.0433. The third kappa shape index (κ3) is 7.14. The fourth-order valence-corrected chi connectivity index (χ4v) is 4.65. The maximum absolute atomic E-state index is 13.9. The fraction of sp³-hybridized carbons (Fsp3) is 0.303. The van der Waals surface area contributed by atoms with Gasteiger partial charge in [0.05, 0.1) is 43.5 Å². The van der Waals surface area contributed by atoms with E-state index in [2.05, 4.69) is 0 Å². The van der Waals surface area contributed by atoms with Crippen LogP contribution in [0.25, 0.3) is 11.0 Å². The number of carbonyl (C=O) groups is 2. The van der Waals surface area contributed by atoms with Gasteiger partial charge in [-0.3, -0.25) is 14.4 Å². The molecule has 8 nitrogen and oxygen atoms in total. The Labute approximate surface area is 240 Å². The molecule has 8 heteroatoms. The summed E-state index contributed by atoms with van der Waals surface area (Å²) >= 11 is 0. The third-order valence-corrected chi connectivity index (χ3v) is 6.96. The zero-order valence-corrected chi connectivity index (χ0v) is 24.0. The van der Waals surface area contributed by atoms with Gasteiger partial charge in [0.2, 0.25) is 5.91 Å². The van der Waals surface area contributed by atoms with Crippen LogP contribution in [0.3, 0.4) is 0 Å². The summed E-state index contributed by atoms with van der Waals surface area (Å²) in [6.45, 7) is 4.50. The summed E-state index contributed by atoms with van der Waals surface area (Å²) < 4.78 is 16.5. The predicted molar refractivity (Wildman–Crippen MR) is 158 cm³/mol. The summed E-state index contributed by atoms with van der Waals surface area (Å²) in [7, 11) is 3.03. The molecule has 0 radical (unpaired) electrons. The van der Waals surface area contributed by atoms with E-state index < -0.39 is 0 Å². The molecule has 0 aliphatic heterocycles. The highest BCUT2D eigenvalue weighted by Crippen LogP contribution is 2.26. The van der Waals surface area contributed by atoms with E-state index in [1.807, 2.05) is 50.2 Å². The van der Waals surface area contributed by atoms with Gasteiger partial charge in [0.25, 0.3) is 5.91 Å². The molecule has 4 rings (SSSR count). The molecule has 1 aromatic heterocycles. The first-order valence-corrected chi connectivity index (χ1v) is 13.7. The Kier molecular flexibility index (Phi) is 9.79. The number of ether oxygens (including phenoxy) is 2. The number of benzene rings is 3. The maximum atomic E-state index is 13.9. The van der Waals surface area contributed by atoms with Crippen molar-refractivity contribution in [2.45, 2.75) is 39.8 Å². The van der Waals surface area contributed by atoms with Crippen molar-refractivity contribution in [3.8, 4) is 11.5 Å². The number of rotatable bonds is 12. The van der Waals surface area contributed by atoms with Gasteiger partial charge in [-0.25, -0.2) is 0 Å². The topological polar surface area (TPSA) is 89.3 Å². The van der Waals surface area contributed by atoms with E-state index in [1.54, 1.807) is 47.2 Å². The first-order chi connectivity index (χ1) is 19.8. The van der Waals surface area contributed by atoms with E-state index in [-0.39, 0.29) is 36.9 Å². The molecule has 4 aromatic rings. The van der Waals surface area contributed by atoms with E-state index in [0.717, 1.165) is 24.0 Å². The van der Waals surface area contributed by atoms with Crippen molar-refractivity contribution in [3.05, 3.63) is 105 Å². The van der Waals surface area contributed by atoms with E-state index >= 15 is 0 Å². The van der Waals surface area contributed by atoms with Gasteiger partial charge in [0.1, 0.15) is 23.6 Å². The van der Waals surface area contributed by atoms with Crippen LogP contribution in [0.1, 0.15) is 46.8 Å². The van der Waals surface area contributed by atoms with Crippen LogP contribution in [0.4, 0.5) is 0 Å². The molecule has 3 aromatic carbocycles. The van der Waals surface area contributed by atoms with Crippen LogP contribution < -0.4 is 14.9 Å². The number of methoxy groups -OCH3 is 2. The van der Waals surface area contributed by atoms with Crippen LogP contribution in [0.15, 0.2) is 82.2 Å². The van der Waals surface area contributed by atoms with Gasteiger partial charge in [-0.1, -0.05) is 55.3 Å². The first kappa shape index (κ1) is 29.4. The highest BCUT2D eigenvalue weighted by Gasteiger charge is 2.25. The third-order valence-electron chi connectivity index (χ3n) is 6.96. The number of fused-ring (bicyclic) bond motifs is 1. The lowest BCUT2D eigenvalue weighted by atomic mass is 10.1. The molecule has 1 heterocycles. The Balaban J connectivity index is 1.65. The van der Waals surface area contributed by atoms with Crippen molar-refractivity contribution >= 4 is 22.8 Å². The second-order valence-corrected chi connectivity index (χ2v) is 9.97. The highest BCUT2D eigenvalue weighted by atomic mass is 16.5. The van der Waals surface area contributed by atoms with Gasteiger partial charge >= 0.3 is 0 Å². The van der Waals surface area contributed by atoms with E-state index in [9.17, 15) is 14.4 Å². The normalized spacial score (nSPS) is 10.8. The molecule has 2 amide bonds. The number of nitrogens with zero attached hydrogens (tertiary/aromatic N) is 2. The smallest absolute Gasteiger partial charge is 0.258 e. The molecule has 0 aliphatic carbocycles. The molecule has 0 unspecified atom stereocenters. The monoisotopic (exact) mass is 556 g/mol. The molecule has 214 valence electrons. The second-order valence-electron chi connectivity index (χ2n) is 9.97. The summed E-state index contributed by atoms with van der Waals surface area (Å²) in [4.78, 5) is 44.1. The van der Waals surface area contributed by atoms with Gasteiger partial charge in [0.15, 0.2) is 5.43 Å². The zero-order valence-electron chi connectivity index (χ0n) is 24.0. The molecule has 0 saturated heterocycles. The summed E-state index contributed by atoms with van der Waals surface area (Å²) in [5.74, 6) is 0.336. The molecule has 41 heavy (non-hydrogen) atoms. The SMILES string of the molecule is CCCCN(CC(=O)N(Cc1ccccc1)Cc1coc2ccc(C)cc2c1=O)C(=O)c1ccc(OC)cc1OC. The summed E-state index contributed by atoms with van der Waals surface area (Å²) in [6, 6.07) is 20.0. The number of hydrogen-bond donors (Lipinski definition) is 0. The number of hydrogen-bond acceptors (Lipinski definition) is 6. The lowest BCUT2D eigenvalue weighted by Crippen LogP contribution is -2.43. The molecule has 0 aliphatic rings. The van der Waals surface area contributed by atoms with Crippen molar-refractivity contribution < 1.29 is 23.5 Å². The molecular weight excluding hydrogens is 520 g/mol. The zero-order chi connectivity index (χ0) is 29.4. The predicted octanol–water partition coefficient (Wildman–Crippen LogP) is 5.59. The van der Waals surface area contributed by atoms with Crippen LogP contribution in [0.5, 0.6) is 11.5 Å². The van der Waals surface area contributed by atoms with E-state index in [4.69, 9.17) is 13.9 Å². The summed E-state index contributed by atoms with van der Waals surface area (Å²) in [5, 5.41) is 0.473. The molecule has 0 bridgehead atoms. The van der Waals surface area contributed by atoms with Crippen LogP contribution in [0, 0.1) is 6.92 Å². The standard InChI is InChI=1S/C33H36N2O6/c1-5-6-16-34(33(38)27-14-13-26(39-3)18-30(27)40-4)21-31(36)35(19-24-10-8-7-9-11-24)20-25-22-41-29-15-12-23(2)17-28(29)32(25)37/h7-15,17-18,22H,5-6,16,19-21H2,1-4H3. The molecule has 0 fully saturated rings. The van der Waals surface area contributed by atoms with Crippen molar-refractivity contribution in [3.63, 3.8) is 0 Å². The Bertz CT molecular complexity index is 1560. The van der Waals surface area contributed by atoms with Crippen LogP contribution in [0.2, 0.25) is 0 Å². The van der Waals surface area contributed by atoms with E-state index in [1.165, 1.54) is 13.4 Å². The molecule has 0 atom stereocenters. The lowest BCUT2D eigenvalue weighted by Gasteiger charge is -2.28. The largest absolute Gasteiger partial charge is 0.497 e. The highest BCUT2D eigenvalue weighted by molar-refractivity contribution is 5.99. The average molecular weight is 557 g/mol. The quantitative estimate of drug-likeness (QED) is 0.226. The van der Waals surface area contributed by atoms with E-state index in [0.29, 0.717) is 40.1 Å². The molecular formula is C33H36N2O6. The number of aryl methyl sites for hydroxylation is 1. The van der Waals surface area contributed by atoms with Gasteiger partial charge in [-0.15, -0.1) is 0 Å². The Morgan fingerprint density at radius 3 is 2.39 bits per heavy atom. The van der Waals surface area contributed by atoms with Gasteiger partial charge < -0.3 is 23.7 Å². The van der Waals surface area contributed by atoms with Crippen molar-refractivity contribution in [2.75, 3.05) is 27.3 Å². The lowest BCUT2D eigenvalue weighted by molar-refractivity contribution is -0.133. The Hall–Kier alpha value is -4.59. The number of carbonyl (C=O) groups excluding carboxylic acids is 2. The Morgan fingerprint density at radius 1 is 0.902 bits per heavy atom. The van der Waals surface area contributed by atoms with Gasteiger partial charge in [-0.05, 0) is 43.2 Å². The van der Waals surface area contributed by atoms with Crippen LogP contribution in [-0.2, 0) is 17.9 Å². The Morgan fingerprint density at radius 2 is 1.68 bits per heavy atom.